The van der Waals surface area contributed by atoms with Crippen LogP contribution in [0.3, 0.4) is 0 Å². The van der Waals surface area contributed by atoms with Gasteiger partial charge in [0.05, 0.1) is 5.69 Å². The molecule has 0 amide bonds. The molecule has 0 N–H and O–H groups in total. The van der Waals surface area contributed by atoms with Crippen LogP contribution in [0.25, 0.3) is 27.9 Å². The summed E-state index contributed by atoms with van der Waals surface area (Å²) in [5.41, 5.74) is 2.58. The Bertz CT molecular complexity index is 1400. The number of halogens is 1. The molecule has 0 bridgehead atoms. The summed E-state index contributed by atoms with van der Waals surface area (Å²) in [6, 6.07) is 13.1. The van der Waals surface area contributed by atoms with E-state index in [9.17, 15) is 4.39 Å². The van der Waals surface area contributed by atoms with E-state index in [4.69, 9.17) is 14.0 Å². The van der Waals surface area contributed by atoms with E-state index in [2.05, 4.69) is 34.7 Å². The van der Waals surface area contributed by atoms with Crippen molar-refractivity contribution >= 4 is 25.7 Å². The molecule has 33 heavy (non-hydrogen) atoms. The molecule has 11 heteroatoms. The maximum absolute atomic E-state index is 13.2. The van der Waals surface area contributed by atoms with Crippen LogP contribution in [0.5, 0.6) is 5.88 Å². The highest BCUT2D eigenvalue weighted by Crippen LogP contribution is 2.29. The maximum Gasteiger partial charge on any atom is 0.240 e. The summed E-state index contributed by atoms with van der Waals surface area (Å²) in [5, 5.41) is 18.9. The minimum Gasteiger partial charge on any atom is -0.470 e. The average molecular weight is 466 g/mol. The van der Waals surface area contributed by atoms with Gasteiger partial charge in [-0.1, -0.05) is 29.4 Å². The number of aromatic nitrogens is 6. The van der Waals surface area contributed by atoms with Crippen LogP contribution >= 0.6 is 9.24 Å². The van der Waals surface area contributed by atoms with E-state index < -0.39 is 5.91 Å². The first-order chi connectivity index (χ1) is 16.1. The van der Waals surface area contributed by atoms with Gasteiger partial charge in [-0.25, -0.2) is 4.39 Å². The van der Waals surface area contributed by atoms with Crippen molar-refractivity contribution in [3.8, 4) is 17.4 Å². The fourth-order valence-corrected chi connectivity index (χ4v) is 3.75. The molecule has 0 saturated heterocycles. The molecule has 2 atom stereocenters. The molecule has 0 aliphatic rings. The molecule has 2 unspecified atom stereocenters. The third kappa shape index (κ3) is 4.40. The minimum absolute atomic E-state index is 0.197. The Morgan fingerprint density at radius 3 is 2.73 bits per heavy atom. The summed E-state index contributed by atoms with van der Waals surface area (Å²) in [6.07, 6.45) is 1.95. The van der Waals surface area contributed by atoms with Gasteiger partial charge in [-0.15, -0.1) is 24.5 Å². The fourth-order valence-electron chi connectivity index (χ4n) is 3.48. The number of nitrogens with zero attached hydrogens (tertiary/aromatic N) is 6. The van der Waals surface area contributed by atoms with Gasteiger partial charge in [-0.05, 0) is 17.7 Å². The van der Waals surface area contributed by atoms with Crippen molar-refractivity contribution in [2.24, 2.45) is 0 Å². The molecule has 0 radical (unpaired) electrons. The predicted octanol–water partition coefficient (Wildman–Crippen LogP) is 3.77. The van der Waals surface area contributed by atoms with Crippen LogP contribution in [0.4, 0.5) is 4.39 Å². The topological polar surface area (TPSA) is 100 Å². The Hall–Kier alpha value is -3.49. The van der Waals surface area contributed by atoms with Crippen molar-refractivity contribution in [2.75, 3.05) is 7.11 Å². The van der Waals surface area contributed by atoms with Gasteiger partial charge in [0.1, 0.15) is 19.1 Å². The summed E-state index contributed by atoms with van der Waals surface area (Å²) < 4.78 is 31.2. The van der Waals surface area contributed by atoms with Gasteiger partial charge in [0.25, 0.3) is 0 Å². The number of methoxy groups -OCH3 is 1. The monoisotopic (exact) mass is 466 g/mol. The second-order valence-corrected chi connectivity index (χ2v) is 8.11. The van der Waals surface area contributed by atoms with Crippen molar-refractivity contribution in [1.29, 1.82) is 0 Å². The molecule has 5 rings (SSSR count). The van der Waals surface area contributed by atoms with E-state index in [1.807, 2.05) is 36.4 Å². The van der Waals surface area contributed by atoms with E-state index in [0.29, 0.717) is 47.5 Å². The molecular formula is C22H20FN6O3P. The van der Waals surface area contributed by atoms with Gasteiger partial charge < -0.3 is 14.0 Å². The number of pyridine rings is 1. The quantitative estimate of drug-likeness (QED) is 0.319. The second-order valence-electron chi connectivity index (χ2n) is 7.39. The first-order valence-corrected chi connectivity index (χ1v) is 10.8. The summed E-state index contributed by atoms with van der Waals surface area (Å²) in [4.78, 5) is 4.37. The standard InChI is InChI=1S/C22H20FN6O3P/c1-30-12-15-9-18(28-32-15)21-26-25-20-16-4-2-3-5-17(16)22(27-29(20)21)31-11-14-7-6-13(10-24-14)8-19(23)33/h2-7,9-10,19H,8,11-12,33H2,1H3. The van der Waals surface area contributed by atoms with Crippen LogP contribution in [0, 0.1) is 0 Å². The van der Waals surface area contributed by atoms with Crippen LogP contribution in [-0.2, 0) is 24.4 Å². The SMILES string of the molecule is COCc1cc(-c2nnc3c4ccccc4c(OCc4ccc(CC(F)P)cn4)nn23)no1. The third-order valence-electron chi connectivity index (χ3n) is 4.98. The number of alkyl halides is 1. The Balaban J connectivity index is 1.49. The maximum atomic E-state index is 13.2. The fraction of sp³-hybridized carbons (Fsp3) is 0.227. The summed E-state index contributed by atoms with van der Waals surface area (Å²) >= 11 is 0. The Morgan fingerprint density at radius 1 is 1.12 bits per heavy atom. The Morgan fingerprint density at radius 2 is 1.97 bits per heavy atom. The summed E-state index contributed by atoms with van der Waals surface area (Å²) in [6.45, 7) is 0.492. The van der Waals surface area contributed by atoms with E-state index in [-0.39, 0.29) is 6.61 Å². The second kappa shape index (κ2) is 9.17. The lowest BCUT2D eigenvalue weighted by Gasteiger charge is -2.10. The van der Waals surface area contributed by atoms with E-state index in [0.717, 1.165) is 16.3 Å². The van der Waals surface area contributed by atoms with Crippen LogP contribution < -0.4 is 4.74 Å². The number of rotatable bonds is 8. The molecule has 0 aliphatic heterocycles. The van der Waals surface area contributed by atoms with Crippen LogP contribution in [0.2, 0.25) is 0 Å². The first-order valence-electron chi connectivity index (χ1n) is 10.2. The van der Waals surface area contributed by atoms with Crippen LogP contribution in [0.15, 0.2) is 53.2 Å². The molecule has 0 spiro atoms. The Labute approximate surface area is 190 Å². The zero-order chi connectivity index (χ0) is 22.8. The van der Waals surface area contributed by atoms with Crippen molar-refractivity contribution in [1.82, 2.24) is 30.0 Å². The van der Waals surface area contributed by atoms with Crippen molar-refractivity contribution < 1.29 is 18.4 Å². The molecule has 0 aliphatic carbocycles. The van der Waals surface area contributed by atoms with Gasteiger partial charge >= 0.3 is 0 Å². The molecule has 168 valence electrons. The number of benzene rings is 1. The number of hydrogen-bond donors (Lipinski definition) is 0. The summed E-state index contributed by atoms with van der Waals surface area (Å²) in [5.74, 6) is 0.396. The number of hydrogen-bond acceptors (Lipinski definition) is 8. The normalized spacial score (nSPS) is 12.5. The first kappa shape index (κ1) is 21.4. The van der Waals surface area contributed by atoms with Gasteiger partial charge in [0.15, 0.2) is 17.1 Å². The highest BCUT2D eigenvalue weighted by Gasteiger charge is 2.19. The Kier molecular flexibility index (Phi) is 5.93. The van der Waals surface area contributed by atoms with Crippen molar-refractivity contribution in [2.45, 2.75) is 25.5 Å². The van der Waals surface area contributed by atoms with E-state index in [1.165, 1.54) is 0 Å². The molecular weight excluding hydrogens is 446 g/mol. The smallest absolute Gasteiger partial charge is 0.240 e. The highest BCUT2D eigenvalue weighted by molar-refractivity contribution is 7.17. The molecule has 4 heterocycles. The molecule has 9 nitrogen and oxygen atoms in total. The van der Waals surface area contributed by atoms with Gasteiger partial charge in [-0.3, -0.25) is 4.98 Å². The average Bonchev–Trinajstić information content (AvgIpc) is 3.45. The molecule has 5 aromatic rings. The van der Waals surface area contributed by atoms with Gasteiger partial charge in [0.2, 0.25) is 11.7 Å². The number of fused-ring (bicyclic) bond motifs is 3. The zero-order valence-electron chi connectivity index (χ0n) is 17.7. The minimum atomic E-state index is -0.996. The lowest BCUT2D eigenvalue weighted by molar-refractivity contribution is 0.156. The third-order valence-corrected chi connectivity index (χ3v) is 5.21. The molecule has 1 aromatic carbocycles. The van der Waals surface area contributed by atoms with Crippen molar-refractivity contribution in [3.63, 3.8) is 0 Å². The molecule has 0 saturated carbocycles. The lowest BCUT2D eigenvalue weighted by atomic mass is 10.2. The van der Waals surface area contributed by atoms with Gasteiger partial charge in [-0.2, -0.15) is 4.52 Å². The van der Waals surface area contributed by atoms with Crippen LogP contribution in [0.1, 0.15) is 17.0 Å². The van der Waals surface area contributed by atoms with Gasteiger partial charge in [0, 0.05) is 36.6 Å². The lowest BCUT2D eigenvalue weighted by Crippen LogP contribution is -2.05. The predicted molar refractivity (Wildman–Crippen MR) is 121 cm³/mol. The van der Waals surface area contributed by atoms with Crippen LogP contribution in [-0.4, -0.2) is 43.0 Å². The zero-order valence-corrected chi connectivity index (χ0v) is 18.8. The largest absolute Gasteiger partial charge is 0.470 e. The molecule has 4 aromatic heterocycles. The number of ether oxygens (including phenoxy) is 2. The molecule has 0 fully saturated rings. The van der Waals surface area contributed by atoms with E-state index >= 15 is 0 Å². The summed E-state index contributed by atoms with van der Waals surface area (Å²) in [7, 11) is 3.72. The van der Waals surface area contributed by atoms with Crippen molar-refractivity contribution in [3.05, 3.63) is 65.7 Å². The highest BCUT2D eigenvalue weighted by atomic mass is 31.0. The van der Waals surface area contributed by atoms with E-state index in [1.54, 1.807) is 23.9 Å².